The second kappa shape index (κ2) is 7.44. The number of halogens is 2. The van der Waals surface area contributed by atoms with Gasteiger partial charge in [0.1, 0.15) is 0 Å². The van der Waals surface area contributed by atoms with Gasteiger partial charge in [-0.2, -0.15) is 5.10 Å². The molecule has 5 rings (SSSR count). The molecule has 0 saturated carbocycles. The van der Waals surface area contributed by atoms with E-state index in [1.54, 1.807) is 0 Å². The number of aromatic nitrogens is 4. The van der Waals surface area contributed by atoms with Gasteiger partial charge in [0.2, 0.25) is 0 Å². The van der Waals surface area contributed by atoms with Crippen LogP contribution in [0.4, 0.5) is 17.2 Å². The summed E-state index contributed by atoms with van der Waals surface area (Å²) in [6.07, 6.45) is 3.98. The second-order valence-corrected chi connectivity index (χ2v) is 9.37. The van der Waals surface area contributed by atoms with Crippen LogP contribution < -0.4 is 15.5 Å². The van der Waals surface area contributed by atoms with Crippen LogP contribution in [0.25, 0.3) is 16.6 Å². The van der Waals surface area contributed by atoms with E-state index in [4.69, 9.17) is 11.6 Å². The molecule has 1 saturated heterocycles. The first-order valence-electron chi connectivity index (χ1n) is 9.98. The molecule has 30 heavy (non-hydrogen) atoms. The van der Waals surface area contributed by atoms with Crippen LogP contribution in [0.3, 0.4) is 0 Å². The van der Waals surface area contributed by atoms with Gasteiger partial charge in [0.15, 0.2) is 11.5 Å². The summed E-state index contributed by atoms with van der Waals surface area (Å²) in [7, 11) is 0. The molecule has 0 unspecified atom stereocenters. The number of hydrogen-bond acceptors (Lipinski definition) is 5. The number of nitrogens with one attached hydrogen (secondary N) is 3. The lowest BCUT2D eigenvalue weighted by Crippen LogP contribution is -2.54. The summed E-state index contributed by atoms with van der Waals surface area (Å²) < 4.78 is 2.90. The summed E-state index contributed by atoms with van der Waals surface area (Å²) in [5, 5.41) is 16.1. The first-order valence-corrected chi connectivity index (χ1v) is 11.1. The zero-order chi connectivity index (χ0) is 21.0. The van der Waals surface area contributed by atoms with Crippen LogP contribution in [0.15, 0.2) is 35.1 Å². The number of pyridine rings is 1. The third-order valence-corrected chi connectivity index (χ3v) is 6.29. The second-order valence-electron chi connectivity index (χ2n) is 8.11. The molecule has 0 bridgehead atoms. The van der Waals surface area contributed by atoms with Crippen molar-refractivity contribution in [3.63, 3.8) is 0 Å². The largest absolute Gasteiger partial charge is 0.368 e. The maximum atomic E-state index is 6.73. The molecular weight excluding hydrogens is 466 g/mol. The lowest BCUT2D eigenvalue weighted by atomic mass is 10.1. The van der Waals surface area contributed by atoms with Crippen LogP contribution >= 0.6 is 27.5 Å². The molecule has 7 nitrogen and oxygen atoms in total. The van der Waals surface area contributed by atoms with Gasteiger partial charge in [-0.15, -0.1) is 0 Å². The van der Waals surface area contributed by atoms with E-state index in [1.807, 2.05) is 35.9 Å². The number of imidazole rings is 1. The Kier molecular flexibility index (Phi) is 4.88. The van der Waals surface area contributed by atoms with Crippen LogP contribution in [-0.2, 0) is 0 Å². The number of benzene rings is 1. The molecule has 3 aromatic heterocycles. The Bertz CT molecular complexity index is 1240. The van der Waals surface area contributed by atoms with E-state index in [-0.39, 0.29) is 0 Å². The smallest absolute Gasteiger partial charge is 0.161 e. The van der Waals surface area contributed by atoms with Crippen molar-refractivity contribution in [3.8, 4) is 0 Å². The molecule has 0 spiro atoms. The number of fused-ring (bicyclic) bond motifs is 2. The van der Waals surface area contributed by atoms with Crippen molar-refractivity contribution < 1.29 is 0 Å². The molecule has 0 radical (unpaired) electrons. The maximum Gasteiger partial charge on any atom is 0.161 e. The van der Waals surface area contributed by atoms with Crippen molar-refractivity contribution in [2.45, 2.75) is 32.9 Å². The van der Waals surface area contributed by atoms with Crippen LogP contribution in [0.1, 0.15) is 19.5 Å². The van der Waals surface area contributed by atoms with E-state index in [0.29, 0.717) is 22.9 Å². The van der Waals surface area contributed by atoms with Crippen molar-refractivity contribution in [3.05, 3.63) is 45.8 Å². The Labute approximate surface area is 187 Å². The van der Waals surface area contributed by atoms with Crippen LogP contribution in [0.5, 0.6) is 0 Å². The fourth-order valence-electron chi connectivity index (χ4n) is 4.29. The highest BCUT2D eigenvalue weighted by Crippen LogP contribution is 2.35. The fourth-order valence-corrected chi connectivity index (χ4v) is 5.13. The third kappa shape index (κ3) is 3.53. The fraction of sp³-hybridized carbons (Fsp3) is 0.333. The third-order valence-electron chi connectivity index (χ3n) is 5.41. The first kappa shape index (κ1) is 19.7. The molecule has 2 atom stereocenters. The minimum absolute atomic E-state index is 0.433. The lowest BCUT2D eigenvalue weighted by Gasteiger charge is -2.37. The number of rotatable bonds is 3. The summed E-state index contributed by atoms with van der Waals surface area (Å²) in [4.78, 5) is 6.89. The number of anilines is 3. The molecule has 0 amide bonds. The Morgan fingerprint density at radius 1 is 1.17 bits per heavy atom. The monoisotopic (exact) mass is 487 g/mol. The molecule has 4 aromatic rings. The Morgan fingerprint density at radius 2 is 1.93 bits per heavy atom. The molecule has 1 aliphatic rings. The molecule has 1 fully saturated rings. The van der Waals surface area contributed by atoms with Gasteiger partial charge in [-0.1, -0.05) is 11.6 Å². The number of nitrogens with zero attached hydrogens (tertiary/aromatic N) is 4. The minimum Gasteiger partial charge on any atom is -0.368 e. The number of aryl methyl sites for hydroxylation is 1. The summed E-state index contributed by atoms with van der Waals surface area (Å²) in [6.45, 7) is 8.29. The molecule has 9 heteroatoms. The summed E-state index contributed by atoms with van der Waals surface area (Å²) >= 11 is 10.3. The van der Waals surface area contributed by atoms with Gasteiger partial charge in [0, 0.05) is 43.3 Å². The predicted molar refractivity (Wildman–Crippen MR) is 126 cm³/mol. The lowest BCUT2D eigenvalue weighted by molar-refractivity contribution is 0.407. The van der Waals surface area contributed by atoms with E-state index in [2.05, 4.69) is 66.6 Å². The SMILES string of the molecule is Cc1cn2cc(Nc3n[nH]c4cc(N5C[C@H](C)N[C@@H](C)C5)cc(Cl)c34)cc(Br)c2n1. The van der Waals surface area contributed by atoms with Gasteiger partial charge in [-0.05, 0) is 54.9 Å². The highest BCUT2D eigenvalue weighted by molar-refractivity contribution is 9.10. The van der Waals surface area contributed by atoms with Crippen molar-refractivity contribution >= 4 is 61.3 Å². The van der Waals surface area contributed by atoms with Gasteiger partial charge in [0.25, 0.3) is 0 Å². The van der Waals surface area contributed by atoms with Gasteiger partial charge in [-0.3, -0.25) is 5.10 Å². The number of piperazine rings is 1. The number of H-pyrrole nitrogens is 1. The highest BCUT2D eigenvalue weighted by atomic mass is 79.9. The predicted octanol–water partition coefficient (Wildman–Crippen LogP) is 4.87. The first-order chi connectivity index (χ1) is 14.4. The molecule has 3 N–H and O–H groups in total. The van der Waals surface area contributed by atoms with Crippen LogP contribution in [0.2, 0.25) is 5.02 Å². The molecular formula is C21H23BrClN7. The Balaban J connectivity index is 1.49. The van der Waals surface area contributed by atoms with Crippen molar-refractivity contribution in [1.29, 1.82) is 0 Å². The average Bonchev–Trinajstić information content (AvgIpc) is 3.24. The molecule has 1 aromatic carbocycles. The summed E-state index contributed by atoms with van der Waals surface area (Å²) in [6, 6.07) is 7.02. The highest BCUT2D eigenvalue weighted by Gasteiger charge is 2.23. The van der Waals surface area contributed by atoms with E-state index >= 15 is 0 Å². The van der Waals surface area contributed by atoms with Gasteiger partial charge in [0.05, 0.1) is 31.8 Å². The number of aromatic amines is 1. The van der Waals surface area contributed by atoms with Crippen LogP contribution in [0, 0.1) is 6.92 Å². The molecule has 4 heterocycles. The van der Waals surface area contributed by atoms with Gasteiger partial charge in [-0.25, -0.2) is 4.98 Å². The Hall–Kier alpha value is -2.29. The standard InChI is InChI=1S/C21H23BrClN7/c1-11-7-29(8-12(2)24-11)15-5-17(23)19-18(6-15)27-28-20(19)26-14-4-16(22)21-25-13(3)9-30(21)10-14/h4-6,9-12,24H,7-8H2,1-3H3,(H2,26,27,28)/t11-,12-/m0/s1. The number of hydrogen-bond donors (Lipinski definition) is 3. The normalized spacial score (nSPS) is 19.7. The molecule has 1 aliphatic heterocycles. The Morgan fingerprint density at radius 3 is 2.70 bits per heavy atom. The van der Waals surface area contributed by atoms with E-state index in [1.165, 1.54) is 0 Å². The molecule has 0 aliphatic carbocycles. The average molecular weight is 489 g/mol. The van der Waals surface area contributed by atoms with Crippen molar-refractivity contribution in [1.82, 2.24) is 24.9 Å². The summed E-state index contributed by atoms with van der Waals surface area (Å²) in [5.74, 6) is 0.701. The van der Waals surface area contributed by atoms with Crippen LogP contribution in [-0.4, -0.2) is 44.8 Å². The van der Waals surface area contributed by atoms with Crippen molar-refractivity contribution in [2.24, 2.45) is 0 Å². The van der Waals surface area contributed by atoms with Crippen molar-refractivity contribution in [2.75, 3.05) is 23.3 Å². The zero-order valence-corrected chi connectivity index (χ0v) is 19.3. The zero-order valence-electron chi connectivity index (χ0n) is 17.0. The maximum absolute atomic E-state index is 6.73. The quantitative estimate of drug-likeness (QED) is 0.384. The van der Waals surface area contributed by atoms with E-state index in [9.17, 15) is 0 Å². The minimum atomic E-state index is 0.433. The van der Waals surface area contributed by atoms with E-state index in [0.717, 1.165) is 51.2 Å². The van der Waals surface area contributed by atoms with E-state index < -0.39 is 0 Å². The molecule has 156 valence electrons. The van der Waals surface area contributed by atoms with Gasteiger partial charge < -0.3 is 19.9 Å². The topological polar surface area (TPSA) is 73.3 Å². The summed E-state index contributed by atoms with van der Waals surface area (Å²) in [5.41, 5.74) is 4.76. The van der Waals surface area contributed by atoms with Gasteiger partial charge >= 0.3 is 0 Å².